The highest BCUT2D eigenvalue weighted by molar-refractivity contribution is 5.39. The minimum atomic E-state index is -0.253. The first kappa shape index (κ1) is 10.4. The molecule has 0 spiro atoms. The summed E-state index contributed by atoms with van der Waals surface area (Å²) in [5.41, 5.74) is 6.89. The fourth-order valence-electron chi connectivity index (χ4n) is 2.11. The van der Waals surface area contributed by atoms with Gasteiger partial charge >= 0.3 is 0 Å². The second kappa shape index (κ2) is 3.49. The molecular formula is C12H16FNO. The second-order valence-electron chi connectivity index (χ2n) is 4.32. The summed E-state index contributed by atoms with van der Waals surface area (Å²) >= 11 is 0. The van der Waals surface area contributed by atoms with Crippen LogP contribution in [0, 0.1) is 5.82 Å². The lowest BCUT2D eigenvalue weighted by atomic mass is 9.89. The molecule has 1 atom stereocenters. The zero-order valence-electron chi connectivity index (χ0n) is 9.09. The van der Waals surface area contributed by atoms with Gasteiger partial charge in [0.1, 0.15) is 11.6 Å². The molecule has 82 valence electrons. The number of benzene rings is 1. The van der Waals surface area contributed by atoms with Gasteiger partial charge in [-0.05, 0) is 37.5 Å². The minimum absolute atomic E-state index is 0.0185. The van der Waals surface area contributed by atoms with Gasteiger partial charge < -0.3 is 10.5 Å². The Bertz CT molecular complexity index is 372. The molecule has 2 nitrogen and oxygen atoms in total. The van der Waals surface area contributed by atoms with Gasteiger partial charge in [-0.1, -0.05) is 0 Å². The van der Waals surface area contributed by atoms with Crippen LogP contribution in [-0.4, -0.2) is 13.2 Å². The Morgan fingerprint density at radius 2 is 2.07 bits per heavy atom. The highest BCUT2D eigenvalue weighted by Crippen LogP contribution is 2.50. The van der Waals surface area contributed by atoms with E-state index in [1.807, 2.05) is 13.0 Å². The van der Waals surface area contributed by atoms with E-state index in [1.54, 1.807) is 13.2 Å². The molecule has 1 aliphatic rings. The number of halogens is 1. The predicted octanol–water partition coefficient (Wildman–Crippen LogP) is 2.21. The maximum atomic E-state index is 13.3. The van der Waals surface area contributed by atoms with E-state index in [0.29, 0.717) is 5.75 Å². The van der Waals surface area contributed by atoms with E-state index in [4.69, 9.17) is 10.5 Å². The van der Waals surface area contributed by atoms with Crippen molar-refractivity contribution in [1.29, 1.82) is 0 Å². The first-order valence-corrected chi connectivity index (χ1v) is 5.19. The summed E-state index contributed by atoms with van der Waals surface area (Å²) in [6.45, 7) is 1.98. The number of hydrogen-bond acceptors (Lipinski definition) is 2. The van der Waals surface area contributed by atoms with Crippen LogP contribution in [0.3, 0.4) is 0 Å². The van der Waals surface area contributed by atoms with Crippen molar-refractivity contribution in [3.63, 3.8) is 0 Å². The van der Waals surface area contributed by atoms with E-state index >= 15 is 0 Å². The summed E-state index contributed by atoms with van der Waals surface area (Å²) in [5.74, 6) is 0.313. The average molecular weight is 209 g/mol. The monoisotopic (exact) mass is 209 g/mol. The maximum Gasteiger partial charge on any atom is 0.127 e. The Morgan fingerprint density at radius 3 is 2.53 bits per heavy atom. The zero-order valence-corrected chi connectivity index (χ0v) is 9.09. The SMILES string of the molecule is COc1cc(F)cc(C2(C(C)N)CC2)c1. The van der Waals surface area contributed by atoms with Gasteiger partial charge in [-0.3, -0.25) is 0 Å². The quantitative estimate of drug-likeness (QED) is 0.828. The lowest BCUT2D eigenvalue weighted by Crippen LogP contribution is -2.31. The molecule has 0 bridgehead atoms. The van der Waals surface area contributed by atoms with Gasteiger partial charge in [0.05, 0.1) is 7.11 Å². The fourth-order valence-corrected chi connectivity index (χ4v) is 2.11. The van der Waals surface area contributed by atoms with Crippen LogP contribution in [0.2, 0.25) is 0 Å². The van der Waals surface area contributed by atoms with Gasteiger partial charge in [-0.2, -0.15) is 0 Å². The number of rotatable bonds is 3. The van der Waals surface area contributed by atoms with Crippen LogP contribution in [0.5, 0.6) is 5.75 Å². The van der Waals surface area contributed by atoms with Gasteiger partial charge in [0.15, 0.2) is 0 Å². The standard InChI is InChI=1S/C12H16FNO/c1-8(14)12(3-4-12)9-5-10(13)7-11(6-9)15-2/h5-8H,3-4,14H2,1-2H3. The zero-order chi connectivity index (χ0) is 11.1. The molecule has 1 saturated carbocycles. The van der Waals surface area contributed by atoms with E-state index in [1.165, 1.54) is 6.07 Å². The van der Waals surface area contributed by atoms with Crippen LogP contribution in [0.15, 0.2) is 18.2 Å². The first-order chi connectivity index (χ1) is 7.08. The molecule has 0 radical (unpaired) electrons. The molecule has 1 aromatic carbocycles. The predicted molar refractivity (Wildman–Crippen MR) is 57.5 cm³/mol. The topological polar surface area (TPSA) is 35.2 Å². The normalized spacial score (nSPS) is 19.7. The van der Waals surface area contributed by atoms with Crippen LogP contribution in [0.25, 0.3) is 0 Å². The first-order valence-electron chi connectivity index (χ1n) is 5.19. The van der Waals surface area contributed by atoms with Crippen molar-refractivity contribution < 1.29 is 9.13 Å². The fraction of sp³-hybridized carbons (Fsp3) is 0.500. The summed E-state index contributed by atoms with van der Waals surface area (Å²) in [5, 5.41) is 0. The summed E-state index contributed by atoms with van der Waals surface area (Å²) in [6.07, 6.45) is 2.08. The Labute approximate surface area is 89.2 Å². The third kappa shape index (κ3) is 1.72. The van der Waals surface area contributed by atoms with Crippen LogP contribution in [-0.2, 0) is 5.41 Å². The molecule has 0 saturated heterocycles. The Balaban J connectivity index is 2.40. The van der Waals surface area contributed by atoms with Gasteiger partial charge in [-0.25, -0.2) is 4.39 Å². The molecule has 1 unspecified atom stereocenters. The lowest BCUT2D eigenvalue weighted by molar-refractivity contribution is 0.409. The molecule has 1 aromatic rings. The maximum absolute atomic E-state index is 13.3. The summed E-state index contributed by atoms with van der Waals surface area (Å²) < 4.78 is 18.4. The number of methoxy groups -OCH3 is 1. The Morgan fingerprint density at radius 1 is 1.40 bits per heavy atom. The van der Waals surface area contributed by atoms with Gasteiger partial charge in [-0.15, -0.1) is 0 Å². The number of hydrogen-bond donors (Lipinski definition) is 1. The van der Waals surface area contributed by atoms with Crippen molar-refractivity contribution in [3.8, 4) is 5.75 Å². The van der Waals surface area contributed by atoms with Crippen molar-refractivity contribution in [2.24, 2.45) is 5.73 Å². The molecule has 2 N–H and O–H groups in total. The molecule has 3 heteroatoms. The molecule has 15 heavy (non-hydrogen) atoms. The molecule has 0 aromatic heterocycles. The van der Waals surface area contributed by atoms with Gasteiger partial charge in [0.2, 0.25) is 0 Å². The third-order valence-corrected chi connectivity index (χ3v) is 3.34. The second-order valence-corrected chi connectivity index (χ2v) is 4.32. The molecule has 0 aliphatic heterocycles. The van der Waals surface area contributed by atoms with E-state index < -0.39 is 0 Å². The van der Waals surface area contributed by atoms with Gasteiger partial charge in [0, 0.05) is 17.5 Å². The van der Waals surface area contributed by atoms with Crippen molar-refractivity contribution >= 4 is 0 Å². The van der Waals surface area contributed by atoms with Gasteiger partial charge in [0.25, 0.3) is 0 Å². The van der Waals surface area contributed by atoms with Crippen LogP contribution in [0.4, 0.5) is 4.39 Å². The van der Waals surface area contributed by atoms with Crippen molar-refractivity contribution in [2.75, 3.05) is 7.11 Å². The van der Waals surface area contributed by atoms with Crippen LogP contribution >= 0.6 is 0 Å². The summed E-state index contributed by atoms with van der Waals surface area (Å²) in [6, 6.07) is 4.91. The largest absolute Gasteiger partial charge is 0.497 e. The van der Waals surface area contributed by atoms with Crippen molar-refractivity contribution in [1.82, 2.24) is 0 Å². The molecule has 1 fully saturated rings. The highest BCUT2D eigenvalue weighted by atomic mass is 19.1. The number of ether oxygens (including phenoxy) is 1. The minimum Gasteiger partial charge on any atom is -0.497 e. The lowest BCUT2D eigenvalue weighted by Gasteiger charge is -2.20. The van der Waals surface area contributed by atoms with Crippen molar-refractivity contribution in [2.45, 2.75) is 31.2 Å². The smallest absolute Gasteiger partial charge is 0.127 e. The summed E-state index contributed by atoms with van der Waals surface area (Å²) in [4.78, 5) is 0. The number of nitrogens with two attached hydrogens (primary N) is 1. The molecule has 0 amide bonds. The Kier molecular flexibility index (Phi) is 2.43. The highest BCUT2D eigenvalue weighted by Gasteiger charge is 2.47. The molecule has 1 aliphatic carbocycles. The third-order valence-electron chi connectivity index (χ3n) is 3.34. The van der Waals surface area contributed by atoms with Crippen LogP contribution in [0.1, 0.15) is 25.3 Å². The summed E-state index contributed by atoms with van der Waals surface area (Å²) in [7, 11) is 1.55. The molecule has 2 rings (SSSR count). The Hall–Kier alpha value is -1.09. The van der Waals surface area contributed by atoms with Crippen LogP contribution < -0.4 is 10.5 Å². The van der Waals surface area contributed by atoms with E-state index in [9.17, 15) is 4.39 Å². The average Bonchev–Trinajstić information content (AvgIpc) is 2.97. The van der Waals surface area contributed by atoms with Crippen molar-refractivity contribution in [3.05, 3.63) is 29.6 Å². The van der Waals surface area contributed by atoms with E-state index in [-0.39, 0.29) is 17.3 Å². The molecular weight excluding hydrogens is 193 g/mol. The van der Waals surface area contributed by atoms with E-state index in [2.05, 4.69) is 0 Å². The van der Waals surface area contributed by atoms with E-state index in [0.717, 1.165) is 18.4 Å². The molecule has 0 heterocycles.